The Morgan fingerprint density at radius 3 is 2.00 bits per heavy atom. The van der Waals surface area contributed by atoms with Crippen LogP contribution in [-0.4, -0.2) is 24.2 Å². The van der Waals surface area contributed by atoms with Crippen molar-refractivity contribution >= 4 is 46.0 Å². The van der Waals surface area contributed by atoms with Gasteiger partial charge in [-0.1, -0.05) is 47.5 Å². The minimum Gasteiger partial charge on any atom is -0.372 e. The predicted molar refractivity (Wildman–Crippen MR) is 143 cm³/mol. The number of aryl methyl sites for hydroxylation is 2. The molecule has 0 atom stereocenters. The fraction of sp³-hybridized carbons (Fsp3) is 0.214. The van der Waals surface area contributed by atoms with Gasteiger partial charge >= 0.3 is 0 Å². The minimum absolute atomic E-state index is 0.0532. The molecule has 4 nitrogen and oxygen atoms in total. The third kappa shape index (κ3) is 5.20. The fourth-order valence-corrected chi connectivity index (χ4v) is 4.72. The third-order valence-corrected chi connectivity index (χ3v) is 6.65. The lowest BCUT2D eigenvalue weighted by atomic mass is 10.1. The van der Waals surface area contributed by atoms with Gasteiger partial charge in [0.05, 0.1) is 16.3 Å². The Labute approximate surface area is 200 Å². The Bertz CT molecular complexity index is 1180. The van der Waals surface area contributed by atoms with Crippen LogP contribution in [0.2, 0.25) is 0 Å². The lowest BCUT2D eigenvalue weighted by Gasteiger charge is -2.20. The quantitative estimate of drug-likeness (QED) is 0.377. The molecule has 1 saturated heterocycles. The molecule has 0 aliphatic carbocycles. The topological polar surface area (TPSA) is 35.9 Å². The lowest BCUT2D eigenvalue weighted by molar-refractivity contribution is -0.113. The highest BCUT2D eigenvalue weighted by Gasteiger charge is 2.34. The number of thioether (sulfide) groups is 1. The van der Waals surface area contributed by atoms with Crippen LogP contribution in [0.25, 0.3) is 6.08 Å². The number of hydrogen-bond donors (Lipinski definition) is 0. The molecule has 4 rings (SSSR count). The predicted octanol–water partition coefficient (Wildman–Crippen LogP) is 6.96. The Hall–Kier alpha value is -3.31. The van der Waals surface area contributed by atoms with Crippen LogP contribution in [0.5, 0.6) is 0 Å². The molecule has 0 saturated carbocycles. The molecule has 0 bridgehead atoms. The SMILES string of the molecule is CCN(CC)c1ccc(C=C2SC(=Nc3ccc(C)cc3)N(c3ccc(C)cc3)C2=O)cc1. The fourth-order valence-electron chi connectivity index (χ4n) is 3.72. The summed E-state index contributed by atoms with van der Waals surface area (Å²) in [6, 6.07) is 24.4. The van der Waals surface area contributed by atoms with E-state index in [1.54, 1.807) is 4.90 Å². The first-order valence-corrected chi connectivity index (χ1v) is 12.1. The first-order valence-electron chi connectivity index (χ1n) is 11.3. The maximum atomic E-state index is 13.5. The van der Waals surface area contributed by atoms with Gasteiger partial charge in [0.15, 0.2) is 5.17 Å². The first kappa shape index (κ1) is 22.9. The van der Waals surface area contributed by atoms with Crippen molar-refractivity contribution in [2.24, 2.45) is 4.99 Å². The second-order valence-electron chi connectivity index (χ2n) is 8.08. The summed E-state index contributed by atoms with van der Waals surface area (Å²) < 4.78 is 0. The summed E-state index contributed by atoms with van der Waals surface area (Å²) in [5, 5.41) is 0.665. The van der Waals surface area contributed by atoms with Crippen molar-refractivity contribution in [1.29, 1.82) is 0 Å². The molecule has 1 amide bonds. The van der Waals surface area contributed by atoms with Crippen LogP contribution in [0, 0.1) is 13.8 Å². The lowest BCUT2D eigenvalue weighted by Crippen LogP contribution is -2.28. The van der Waals surface area contributed by atoms with Gasteiger partial charge < -0.3 is 4.90 Å². The minimum atomic E-state index is -0.0532. The van der Waals surface area contributed by atoms with Gasteiger partial charge in [0.1, 0.15) is 0 Å². The summed E-state index contributed by atoms with van der Waals surface area (Å²) in [6.45, 7) is 10.3. The van der Waals surface area contributed by atoms with Crippen molar-refractivity contribution in [3.05, 3.63) is 94.4 Å². The van der Waals surface area contributed by atoms with Crippen molar-refractivity contribution in [1.82, 2.24) is 0 Å². The summed E-state index contributed by atoms with van der Waals surface area (Å²) >= 11 is 1.42. The van der Waals surface area contributed by atoms with Gasteiger partial charge in [-0.05, 0) is 87.5 Å². The molecule has 3 aromatic carbocycles. The maximum absolute atomic E-state index is 13.5. The second kappa shape index (κ2) is 10.1. The number of amidine groups is 1. The van der Waals surface area contributed by atoms with Crippen LogP contribution in [0.3, 0.4) is 0 Å². The Balaban J connectivity index is 1.69. The van der Waals surface area contributed by atoms with E-state index in [9.17, 15) is 4.79 Å². The third-order valence-electron chi connectivity index (χ3n) is 5.68. The summed E-state index contributed by atoms with van der Waals surface area (Å²) in [6.07, 6.45) is 1.96. The van der Waals surface area contributed by atoms with E-state index in [2.05, 4.69) is 49.9 Å². The molecule has 1 aliphatic heterocycles. The van der Waals surface area contributed by atoms with Crippen molar-refractivity contribution < 1.29 is 4.79 Å². The van der Waals surface area contributed by atoms with E-state index in [4.69, 9.17) is 4.99 Å². The van der Waals surface area contributed by atoms with E-state index >= 15 is 0 Å². The van der Waals surface area contributed by atoms with Crippen molar-refractivity contribution in [3.63, 3.8) is 0 Å². The molecule has 3 aromatic rings. The van der Waals surface area contributed by atoms with Crippen molar-refractivity contribution in [3.8, 4) is 0 Å². The van der Waals surface area contributed by atoms with Gasteiger partial charge in [0.25, 0.3) is 5.91 Å². The number of amides is 1. The number of anilines is 2. The molecular weight excluding hydrogens is 426 g/mol. The summed E-state index contributed by atoms with van der Waals surface area (Å²) in [5.74, 6) is -0.0532. The number of hydrogen-bond acceptors (Lipinski definition) is 4. The van der Waals surface area contributed by atoms with Crippen LogP contribution < -0.4 is 9.80 Å². The van der Waals surface area contributed by atoms with Crippen LogP contribution >= 0.6 is 11.8 Å². The van der Waals surface area contributed by atoms with E-state index in [1.807, 2.05) is 61.5 Å². The van der Waals surface area contributed by atoms with E-state index in [0.717, 1.165) is 35.6 Å². The van der Waals surface area contributed by atoms with Gasteiger partial charge in [-0.25, -0.2) is 4.99 Å². The van der Waals surface area contributed by atoms with Crippen LogP contribution in [0.1, 0.15) is 30.5 Å². The number of carbonyl (C=O) groups is 1. The normalized spacial score (nSPS) is 16.1. The number of nitrogens with zero attached hydrogens (tertiary/aromatic N) is 3. The molecule has 5 heteroatoms. The van der Waals surface area contributed by atoms with E-state index in [0.29, 0.717) is 10.1 Å². The number of aliphatic imine (C=N–C) groups is 1. The van der Waals surface area contributed by atoms with E-state index in [-0.39, 0.29) is 5.91 Å². The summed E-state index contributed by atoms with van der Waals surface area (Å²) in [5.41, 5.74) is 6.18. The molecule has 0 radical (unpaired) electrons. The van der Waals surface area contributed by atoms with Crippen LogP contribution in [-0.2, 0) is 4.79 Å². The number of benzene rings is 3. The highest BCUT2D eigenvalue weighted by molar-refractivity contribution is 8.19. The molecule has 0 aromatic heterocycles. The van der Waals surface area contributed by atoms with Gasteiger partial charge in [-0.2, -0.15) is 0 Å². The molecule has 1 aliphatic rings. The highest BCUT2D eigenvalue weighted by atomic mass is 32.2. The van der Waals surface area contributed by atoms with E-state index < -0.39 is 0 Å². The molecule has 1 fully saturated rings. The largest absolute Gasteiger partial charge is 0.372 e. The number of rotatable bonds is 6. The maximum Gasteiger partial charge on any atom is 0.271 e. The Kier molecular flexibility index (Phi) is 6.99. The molecule has 168 valence electrons. The van der Waals surface area contributed by atoms with Gasteiger partial charge in [-0.15, -0.1) is 0 Å². The standard InChI is InChI=1S/C28H29N3OS/c1-5-30(6-2)24-17-11-22(12-18-24)19-26-27(32)31(25-15-9-21(4)10-16-25)28(33-26)29-23-13-7-20(3)8-14-23/h7-19H,5-6H2,1-4H3. The van der Waals surface area contributed by atoms with Crippen molar-refractivity contribution in [2.45, 2.75) is 27.7 Å². The molecule has 0 unspecified atom stereocenters. The zero-order valence-electron chi connectivity index (χ0n) is 19.6. The Morgan fingerprint density at radius 1 is 0.848 bits per heavy atom. The van der Waals surface area contributed by atoms with E-state index in [1.165, 1.54) is 23.0 Å². The van der Waals surface area contributed by atoms with Crippen molar-refractivity contribution in [2.75, 3.05) is 22.9 Å². The Morgan fingerprint density at radius 2 is 1.42 bits per heavy atom. The molecule has 0 N–H and O–H groups in total. The average Bonchev–Trinajstić information content (AvgIpc) is 3.12. The average molecular weight is 456 g/mol. The number of carbonyl (C=O) groups excluding carboxylic acids is 1. The molecular formula is C28H29N3OS. The zero-order valence-corrected chi connectivity index (χ0v) is 20.4. The molecule has 1 heterocycles. The second-order valence-corrected chi connectivity index (χ2v) is 9.09. The smallest absolute Gasteiger partial charge is 0.271 e. The van der Waals surface area contributed by atoms with Crippen LogP contribution in [0.15, 0.2) is 82.7 Å². The highest BCUT2D eigenvalue weighted by Crippen LogP contribution is 2.37. The van der Waals surface area contributed by atoms with Crippen LogP contribution in [0.4, 0.5) is 17.1 Å². The first-order chi connectivity index (χ1) is 16.0. The molecule has 33 heavy (non-hydrogen) atoms. The zero-order chi connectivity index (χ0) is 23.4. The monoisotopic (exact) mass is 455 g/mol. The van der Waals surface area contributed by atoms with Gasteiger partial charge in [-0.3, -0.25) is 9.69 Å². The summed E-state index contributed by atoms with van der Waals surface area (Å²) in [4.78, 5) is 23.0. The summed E-state index contributed by atoms with van der Waals surface area (Å²) in [7, 11) is 0. The van der Waals surface area contributed by atoms with Gasteiger partial charge in [0.2, 0.25) is 0 Å². The van der Waals surface area contributed by atoms with Gasteiger partial charge in [0, 0.05) is 18.8 Å². The molecule has 0 spiro atoms.